The summed E-state index contributed by atoms with van der Waals surface area (Å²) in [6, 6.07) is 14.0. The summed E-state index contributed by atoms with van der Waals surface area (Å²) >= 11 is 11.8. The van der Waals surface area contributed by atoms with E-state index in [2.05, 4.69) is 5.32 Å². The quantitative estimate of drug-likeness (QED) is 0.730. The number of ether oxygens (including phenoxy) is 1. The molecule has 0 saturated heterocycles. The Balaban J connectivity index is 1.64. The molecule has 26 heavy (non-hydrogen) atoms. The molecule has 0 aromatic heterocycles. The van der Waals surface area contributed by atoms with Crippen molar-refractivity contribution >= 4 is 40.8 Å². The summed E-state index contributed by atoms with van der Waals surface area (Å²) in [6.07, 6.45) is 3.34. The highest BCUT2D eigenvalue weighted by Crippen LogP contribution is 2.42. The molecule has 136 valence electrons. The molecule has 2 aromatic carbocycles. The standard InChI is InChI=1S/C20H19Cl2NO3/c21-15-5-3-14(4-6-15)20(11-1-2-12-20)19(25)26-13-18(24)23-17-9-7-16(22)8-10-17/h3-10H,1-2,11-13H2,(H,23,24). The predicted octanol–water partition coefficient (Wildman–Crippen LogP) is 4.99. The molecule has 0 unspecified atom stereocenters. The molecule has 3 rings (SSSR count). The van der Waals surface area contributed by atoms with Gasteiger partial charge in [-0.1, -0.05) is 48.2 Å². The van der Waals surface area contributed by atoms with Crippen LogP contribution in [0.3, 0.4) is 0 Å². The number of esters is 1. The molecule has 1 aliphatic rings. The molecule has 0 heterocycles. The summed E-state index contributed by atoms with van der Waals surface area (Å²) in [5.41, 5.74) is 0.803. The first-order valence-electron chi connectivity index (χ1n) is 8.48. The van der Waals surface area contributed by atoms with Crippen molar-refractivity contribution in [3.8, 4) is 0 Å². The number of anilines is 1. The van der Waals surface area contributed by atoms with E-state index in [1.54, 1.807) is 36.4 Å². The molecule has 0 spiro atoms. The minimum atomic E-state index is -0.689. The Kier molecular flexibility index (Phi) is 5.84. The lowest BCUT2D eigenvalue weighted by Crippen LogP contribution is -2.36. The van der Waals surface area contributed by atoms with Crippen LogP contribution in [0.25, 0.3) is 0 Å². The van der Waals surface area contributed by atoms with Crippen molar-refractivity contribution < 1.29 is 14.3 Å². The third-order valence-electron chi connectivity index (χ3n) is 4.71. The number of carbonyl (C=O) groups excluding carboxylic acids is 2. The van der Waals surface area contributed by atoms with Crippen LogP contribution < -0.4 is 5.32 Å². The predicted molar refractivity (Wildman–Crippen MR) is 103 cm³/mol. The number of halogens is 2. The van der Waals surface area contributed by atoms with Crippen LogP contribution in [-0.4, -0.2) is 18.5 Å². The maximum Gasteiger partial charge on any atom is 0.317 e. The van der Waals surface area contributed by atoms with E-state index in [9.17, 15) is 9.59 Å². The molecule has 0 bridgehead atoms. The molecule has 1 saturated carbocycles. The van der Waals surface area contributed by atoms with Crippen molar-refractivity contribution in [1.29, 1.82) is 0 Å². The van der Waals surface area contributed by atoms with E-state index in [0.717, 1.165) is 18.4 Å². The first-order chi connectivity index (χ1) is 12.5. The lowest BCUT2D eigenvalue weighted by molar-refractivity contribution is -0.153. The zero-order valence-electron chi connectivity index (χ0n) is 14.1. The van der Waals surface area contributed by atoms with E-state index < -0.39 is 5.41 Å². The number of rotatable bonds is 5. The summed E-state index contributed by atoms with van der Waals surface area (Å²) in [7, 11) is 0. The largest absolute Gasteiger partial charge is 0.455 e. The summed E-state index contributed by atoms with van der Waals surface area (Å²) in [4.78, 5) is 24.9. The fraction of sp³-hybridized carbons (Fsp3) is 0.300. The second kappa shape index (κ2) is 8.11. The summed E-state index contributed by atoms with van der Waals surface area (Å²) < 4.78 is 5.36. The average molecular weight is 392 g/mol. The lowest BCUT2D eigenvalue weighted by atomic mass is 9.79. The third-order valence-corrected chi connectivity index (χ3v) is 5.21. The average Bonchev–Trinajstić information content (AvgIpc) is 3.13. The van der Waals surface area contributed by atoms with Gasteiger partial charge in [0.1, 0.15) is 0 Å². The van der Waals surface area contributed by atoms with Crippen LogP contribution in [0.4, 0.5) is 5.69 Å². The molecular formula is C20H19Cl2NO3. The monoisotopic (exact) mass is 391 g/mol. The highest BCUT2D eigenvalue weighted by Gasteiger charge is 2.44. The second-order valence-electron chi connectivity index (χ2n) is 6.43. The molecule has 0 radical (unpaired) electrons. The van der Waals surface area contributed by atoms with Crippen molar-refractivity contribution in [2.45, 2.75) is 31.1 Å². The number of amides is 1. The van der Waals surface area contributed by atoms with Gasteiger partial charge in [0.2, 0.25) is 0 Å². The van der Waals surface area contributed by atoms with Gasteiger partial charge in [0, 0.05) is 15.7 Å². The SMILES string of the molecule is O=C(COC(=O)C1(c2ccc(Cl)cc2)CCCC1)Nc1ccc(Cl)cc1. The number of hydrogen-bond acceptors (Lipinski definition) is 3. The Morgan fingerprint density at radius 3 is 2.04 bits per heavy atom. The fourth-order valence-electron chi connectivity index (χ4n) is 3.36. The number of carbonyl (C=O) groups is 2. The zero-order valence-corrected chi connectivity index (χ0v) is 15.6. The molecule has 1 aliphatic carbocycles. The molecular weight excluding hydrogens is 373 g/mol. The normalized spacial score (nSPS) is 15.5. The van der Waals surface area contributed by atoms with Gasteiger partial charge < -0.3 is 10.1 Å². The van der Waals surface area contributed by atoms with Crippen molar-refractivity contribution in [2.75, 3.05) is 11.9 Å². The van der Waals surface area contributed by atoms with Gasteiger partial charge in [-0.3, -0.25) is 9.59 Å². The second-order valence-corrected chi connectivity index (χ2v) is 7.30. The molecule has 4 nitrogen and oxygen atoms in total. The topological polar surface area (TPSA) is 55.4 Å². The van der Waals surface area contributed by atoms with Gasteiger partial charge in [0.15, 0.2) is 6.61 Å². The van der Waals surface area contributed by atoms with E-state index in [0.29, 0.717) is 28.6 Å². The summed E-state index contributed by atoms with van der Waals surface area (Å²) in [5, 5.41) is 3.89. The molecule has 1 amide bonds. The van der Waals surface area contributed by atoms with Gasteiger partial charge in [-0.05, 0) is 54.8 Å². The Morgan fingerprint density at radius 2 is 1.46 bits per heavy atom. The van der Waals surface area contributed by atoms with Crippen LogP contribution in [0.1, 0.15) is 31.2 Å². The third kappa shape index (κ3) is 4.19. The van der Waals surface area contributed by atoms with E-state index in [-0.39, 0.29) is 18.5 Å². The van der Waals surface area contributed by atoms with Gasteiger partial charge in [-0.15, -0.1) is 0 Å². The molecule has 0 aliphatic heterocycles. The van der Waals surface area contributed by atoms with Crippen LogP contribution in [-0.2, 0) is 19.7 Å². The van der Waals surface area contributed by atoms with Crippen molar-refractivity contribution in [3.63, 3.8) is 0 Å². The molecule has 1 N–H and O–H groups in total. The Hall–Kier alpha value is -2.04. The molecule has 6 heteroatoms. The number of hydrogen-bond donors (Lipinski definition) is 1. The van der Waals surface area contributed by atoms with Crippen LogP contribution >= 0.6 is 23.2 Å². The molecule has 1 fully saturated rings. The van der Waals surface area contributed by atoms with Gasteiger partial charge in [0.25, 0.3) is 5.91 Å². The maximum absolute atomic E-state index is 12.8. The van der Waals surface area contributed by atoms with Crippen molar-refractivity contribution in [2.24, 2.45) is 0 Å². The molecule has 2 aromatic rings. The van der Waals surface area contributed by atoms with Crippen LogP contribution in [0, 0.1) is 0 Å². The van der Waals surface area contributed by atoms with Crippen molar-refractivity contribution in [3.05, 3.63) is 64.1 Å². The first kappa shape index (κ1) is 18.7. The highest BCUT2D eigenvalue weighted by molar-refractivity contribution is 6.30. The van der Waals surface area contributed by atoms with Crippen LogP contribution in [0.2, 0.25) is 10.0 Å². The van der Waals surface area contributed by atoms with Gasteiger partial charge in [-0.25, -0.2) is 0 Å². The minimum Gasteiger partial charge on any atom is -0.455 e. The number of nitrogens with one attached hydrogen (secondary N) is 1. The smallest absolute Gasteiger partial charge is 0.317 e. The van der Waals surface area contributed by atoms with Crippen LogP contribution in [0.15, 0.2) is 48.5 Å². The Morgan fingerprint density at radius 1 is 0.923 bits per heavy atom. The van der Waals surface area contributed by atoms with E-state index in [1.807, 2.05) is 12.1 Å². The van der Waals surface area contributed by atoms with E-state index in [4.69, 9.17) is 27.9 Å². The Labute approximate surface area is 162 Å². The van der Waals surface area contributed by atoms with E-state index in [1.165, 1.54) is 0 Å². The number of benzene rings is 2. The first-order valence-corrected chi connectivity index (χ1v) is 9.24. The highest BCUT2D eigenvalue weighted by atomic mass is 35.5. The van der Waals surface area contributed by atoms with E-state index >= 15 is 0 Å². The van der Waals surface area contributed by atoms with Gasteiger partial charge in [0.05, 0.1) is 5.41 Å². The van der Waals surface area contributed by atoms with Crippen molar-refractivity contribution in [1.82, 2.24) is 0 Å². The van der Waals surface area contributed by atoms with Gasteiger partial charge >= 0.3 is 5.97 Å². The lowest BCUT2D eigenvalue weighted by Gasteiger charge is -2.27. The fourth-order valence-corrected chi connectivity index (χ4v) is 3.61. The maximum atomic E-state index is 12.8. The summed E-state index contributed by atoms with van der Waals surface area (Å²) in [5.74, 6) is -0.742. The van der Waals surface area contributed by atoms with Gasteiger partial charge in [-0.2, -0.15) is 0 Å². The minimum absolute atomic E-state index is 0.323. The van der Waals surface area contributed by atoms with Crippen LogP contribution in [0.5, 0.6) is 0 Å². The molecule has 0 atom stereocenters. The Bertz CT molecular complexity index is 782. The summed E-state index contributed by atoms with van der Waals surface area (Å²) in [6.45, 7) is -0.323. The zero-order chi connectivity index (χ0) is 18.6.